The number of carbonyl (C=O) groups excluding carboxylic acids is 2. The van der Waals surface area contributed by atoms with Crippen LogP contribution in [0.5, 0.6) is 5.75 Å². The largest absolute Gasteiger partial charge is 0.484 e. The van der Waals surface area contributed by atoms with Crippen molar-refractivity contribution in [3.8, 4) is 11.4 Å². The summed E-state index contributed by atoms with van der Waals surface area (Å²) in [6.45, 7) is 3.68. The minimum absolute atomic E-state index is 0.135. The Bertz CT molecular complexity index is 979. The molecule has 0 fully saturated rings. The number of primary amides is 1. The number of nitrogens with two attached hydrogens (primary N) is 1. The number of nitrogens with one attached hydrogen (secondary N) is 1. The summed E-state index contributed by atoms with van der Waals surface area (Å²) in [4.78, 5) is 23.2. The van der Waals surface area contributed by atoms with Crippen molar-refractivity contribution >= 4 is 17.5 Å². The third-order valence-electron chi connectivity index (χ3n) is 4.30. The van der Waals surface area contributed by atoms with E-state index in [4.69, 9.17) is 10.5 Å². The highest BCUT2D eigenvalue weighted by atomic mass is 16.5. The van der Waals surface area contributed by atoms with Crippen LogP contribution in [0.1, 0.15) is 17.0 Å². The van der Waals surface area contributed by atoms with Gasteiger partial charge in [-0.25, -0.2) is 4.68 Å². The van der Waals surface area contributed by atoms with E-state index in [2.05, 4.69) is 10.4 Å². The zero-order valence-corrected chi connectivity index (χ0v) is 15.8. The van der Waals surface area contributed by atoms with Crippen LogP contribution in [0.15, 0.2) is 54.6 Å². The quantitative estimate of drug-likeness (QED) is 0.660. The minimum atomic E-state index is -0.542. The average Bonchev–Trinajstić information content (AvgIpc) is 2.96. The fraction of sp³-hybridized carbons (Fsp3) is 0.190. The highest BCUT2D eigenvalue weighted by molar-refractivity contribution is 5.92. The number of anilines is 1. The van der Waals surface area contributed by atoms with E-state index in [1.54, 1.807) is 24.3 Å². The van der Waals surface area contributed by atoms with Gasteiger partial charge in [0.25, 0.3) is 5.91 Å². The normalized spacial score (nSPS) is 10.5. The minimum Gasteiger partial charge on any atom is -0.484 e. The Morgan fingerprint density at radius 1 is 1.07 bits per heavy atom. The number of hydrogen-bond donors (Lipinski definition) is 2. The van der Waals surface area contributed by atoms with Gasteiger partial charge in [-0.2, -0.15) is 5.10 Å². The molecule has 7 heteroatoms. The summed E-state index contributed by atoms with van der Waals surface area (Å²) in [5.41, 5.74) is 9.32. The Balaban J connectivity index is 1.67. The molecule has 0 unspecified atom stereocenters. The molecule has 7 nitrogen and oxygen atoms in total. The number of rotatable bonds is 7. The van der Waals surface area contributed by atoms with Crippen LogP contribution in [0, 0.1) is 13.8 Å². The summed E-state index contributed by atoms with van der Waals surface area (Å²) in [7, 11) is 0. The van der Waals surface area contributed by atoms with Crippen LogP contribution < -0.4 is 15.8 Å². The lowest BCUT2D eigenvalue weighted by atomic mass is 10.1. The van der Waals surface area contributed by atoms with Crippen LogP contribution in [-0.4, -0.2) is 28.2 Å². The Morgan fingerprint density at radius 3 is 2.39 bits per heavy atom. The Labute approximate surface area is 163 Å². The summed E-state index contributed by atoms with van der Waals surface area (Å²) >= 11 is 0. The van der Waals surface area contributed by atoms with Gasteiger partial charge in [0.2, 0.25) is 5.91 Å². The average molecular weight is 378 g/mol. The van der Waals surface area contributed by atoms with E-state index in [1.807, 2.05) is 48.9 Å². The highest BCUT2D eigenvalue weighted by Crippen LogP contribution is 2.20. The first kappa shape index (κ1) is 19.2. The maximum Gasteiger partial charge on any atom is 0.255 e. The molecule has 0 aliphatic carbocycles. The van der Waals surface area contributed by atoms with Gasteiger partial charge in [-0.15, -0.1) is 0 Å². The lowest BCUT2D eigenvalue weighted by molar-refractivity contribution is -0.120. The molecule has 1 heterocycles. The number of aryl methyl sites for hydroxylation is 1. The molecule has 0 aliphatic rings. The molecule has 28 heavy (non-hydrogen) atoms. The van der Waals surface area contributed by atoms with Gasteiger partial charge in [0, 0.05) is 16.9 Å². The highest BCUT2D eigenvalue weighted by Gasteiger charge is 2.16. The van der Waals surface area contributed by atoms with E-state index in [0.717, 1.165) is 22.6 Å². The van der Waals surface area contributed by atoms with Gasteiger partial charge in [-0.05, 0) is 50.2 Å². The van der Waals surface area contributed by atoms with E-state index in [1.165, 1.54) is 0 Å². The molecule has 0 saturated heterocycles. The molecule has 144 valence electrons. The summed E-state index contributed by atoms with van der Waals surface area (Å²) in [5.74, 6) is -0.170. The predicted octanol–water partition coefficient (Wildman–Crippen LogP) is 2.53. The topological polar surface area (TPSA) is 99.2 Å². The van der Waals surface area contributed by atoms with Gasteiger partial charge in [0.1, 0.15) is 5.75 Å². The lowest BCUT2D eigenvalue weighted by Gasteiger charge is -2.08. The van der Waals surface area contributed by atoms with Crippen molar-refractivity contribution < 1.29 is 14.3 Å². The molecule has 0 bridgehead atoms. The monoisotopic (exact) mass is 378 g/mol. The lowest BCUT2D eigenvalue weighted by Crippen LogP contribution is -2.20. The van der Waals surface area contributed by atoms with Crippen molar-refractivity contribution in [3.05, 3.63) is 71.5 Å². The van der Waals surface area contributed by atoms with Crippen LogP contribution in [-0.2, 0) is 16.0 Å². The van der Waals surface area contributed by atoms with Crippen molar-refractivity contribution in [1.29, 1.82) is 0 Å². The molecule has 2 amide bonds. The second-order valence-corrected chi connectivity index (χ2v) is 6.40. The Morgan fingerprint density at radius 2 is 1.75 bits per heavy atom. The number of ether oxygens (including phenoxy) is 1. The third-order valence-corrected chi connectivity index (χ3v) is 4.30. The molecule has 0 aliphatic heterocycles. The third kappa shape index (κ3) is 4.56. The Hall–Kier alpha value is -3.61. The number of amides is 2. The van der Waals surface area contributed by atoms with Crippen LogP contribution in [0.2, 0.25) is 0 Å². The molecule has 0 spiro atoms. The number of benzene rings is 2. The van der Waals surface area contributed by atoms with Crippen molar-refractivity contribution in [3.63, 3.8) is 0 Å². The van der Waals surface area contributed by atoms with E-state index in [-0.39, 0.29) is 18.9 Å². The molecule has 0 radical (unpaired) electrons. The molecule has 3 N–H and O–H groups in total. The van der Waals surface area contributed by atoms with Gasteiger partial charge in [0.15, 0.2) is 6.61 Å². The molecular weight excluding hydrogens is 356 g/mol. The first-order valence-electron chi connectivity index (χ1n) is 8.85. The fourth-order valence-corrected chi connectivity index (χ4v) is 2.91. The number of hydrogen-bond acceptors (Lipinski definition) is 4. The second kappa shape index (κ2) is 8.39. The molecule has 2 aromatic carbocycles. The van der Waals surface area contributed by atoms with E-state index >= 15 is 0 Å². The van der Waals surface area contributed by atoms with Crippen molar-refractivity contribution in [2.45, 2.75) is 20.3 Å². The van der Waals surface area contributed by atoms with Crippen molar-refractivity contribution in [1.82, 2.24) is 9.78 Å². The molecular formula is C21H22N4O3. The Kier molecular flexibility index (Phi) is 5.74. The standard InChI is InChI=1S/C21H22N4O3/c1-14-19(15(2)25(24-14)17-6-4-3-5-7-17)12-21(27)23-16-8-10-18(11-9-16)28-13-20(22)26/h3-11H,12-13H2,1-2H3,(H2,22,26)(H,23,27). The first-order valence-corrected chi connectivity index (χ1v) is 8.85. The smallest absolute Gasteiger partial charge is 0.255 e. The maximum absolute atomic E-state index is 12.5. The summed E-state index contributed by atoms with van der Waals surface area (Å²) in [6, 6.07) is 16.6. The van der Waals surface area contributed by atoms with Crippen molar-refractivity contribution in [2.75, 3.05) is 11.9 Å². The van der Waals surface area contributed by atoms with E-state index in [0.29, 0.717) is 11.4 Å². The van der Waals surface area contributed by atoms with Crippen LogP contribution in [0.25, 0.3) is 5.69 Å². The van der Waals surface area contributed by atoms with Crippen LogP contribution >= 0.6 is 0 Å². The van der Waals surface area contributed by atoms with Gasteiger partial charge in [-0.3, -0.25) is 9.59 Å². The van der Waals surface area contributed by atoms with Gasteiger partial charge in [0.05, 0.1) is 17.8 Å². The maximum atomic E-state index is 12.5. The second-order valence-electron chi connectivity index (χ2n) is 6.40. The SMILES string of the molecule is Cc1nn(-c2ccccc2)c(C)c1CC(=O)Nc1ccc(OCC(N)=O)cc1. The zero-order chi connectivity index (χ0) is 20.1. The number of aromatic nitrogens is 2. The van der Waals surface area contributed by atoms with Gasteiger partial charge < -0.3 is 15.8 Å². The molecule has 0 saturated carbocycles. The summed E-state index contributed by atoms with van der Waals surface area (Å²) in [5, 5.41) is 7.43. The van der Waals surface area contributed by atoms with Crippen LogP contribution in [0.3, 0.4) is 0 Å². The van der Waals surface area contributed by atoms with Gasteiger partial charge in [-0.1, -0.05) is 18.2 Å². The van der Waals surface area contributed by atoms with E-state index < -0.39 is 5.91 Å². The predicted molar refractivity (Wildman–Crippen MR) is 107 cm³/mol. The van der Waals surface area contributed by atoms with Crippen LogP contribution in [0.4, 0.5) is 5.69 Å². The number of nitrogens with zero attached hydrogens (tertiary/aromatic N) is 2. The zero-order valence-electron chi connectivity index (χ0n) is 15.8. The summed E-state index contributed by atoms with van der Waals surface area (Å²) in [6.07, 6.45) is 0.227. The van der Waals surface area contributed by atoms with E-state index in [9.17, 15) is 9.59 Å². The number of carbonyl (C=O) groups is 2. The molecule has 3 rings (SSSR count). The summed E-state index contributed by atoms with van der Waals surface area (Å²) < 4.78 is 7.05. The molecule has 0 atom stereocenters. The van der Waals surface area contributed by atoms with Crippen molar-refractivity contribution in [2.24, 2.45) is 5.73 Å². The number of para-hydroxylation sites is 1. The first-order chi connectivity index (χ1) is 13.4. The molecule has 1 aromatic heterocycles. The fourth-order valence-electron chi connectivity index (χ4n) is 2.91. The molecule has 3 aromatic rings. The van der Waals surface area contributed by atoms with Gasteiger partial charge >= 0.3 is 0 Å².